The molecule has 4 aromatic rings. The molecule has 3 heterocycles. The Hall–Kier alpha value is -3.32. The molecule has 28 heavy (non-hydrogen) atoms. The van der Waals surface area contributed by atoms with Gasteiger partial charge < -0.3 is 0 Å². The highest BCUT2D eigenvalue weighted by molar-refractivity contribution is 7.09. The van der Waals surface area contributed by atoms with Crippen molar-refractivity contribution in [2.24, 2.45) is 0 Å². The Kier molecular flexibility index (Phi) is 4.75. The van der Waals surface area contributed by atoms with E-state index in [-0.39, 0.29) is 23.3 Å². The number of nitrogens with zero attached hydrogens (tertiary/aromatic N) is 3. The average Bonchev–Trinajstić information content (AvgIpc) is 3.11. The van der Waals surface area contributed by atoms with Crippen LogP contribution < -0.4 is 0 Å². The van der Waals surface area contributed by atoms with E-state index in [2.05, 4.69) is 15.0 Å². The van der Waals surface area contributed by atoms with Crippen molar-refractivity contribution in [2.75, 3.05) is 0 Å². The number of hydrogen-bond donors (Lipinski definition) is 0. The number of rotatable bonds is 5. The Labute approximate surface area is 163 Å². The number of Topliss-reactive ketones (excluding diaryl/α,β-unsaturated/α-hetero) is 1. The molecule has 0 fully saturated rings. The first-order valence-electron chi connectivity index (χ1n) is 8.49. The fourth-order valence-electron chi connectivity index (χ4n) is 2.96. The summed E-state index contributed by atoms with van der Waals surface area (Å²) in [5, 5.41) is 3.25. The smallest absolute Gasteiger partial charge is 0.194 e. The second kappa shape index (κ2) is 7.36. The van der Waals surface area contributed by atoms with Gasteiger partial charge in [0.1, 0.15) is 10.8 Å². The normalized spacial score (nSPS) is 10.9. The minimum absolute atomic E-state index is 0.122. The number of carbonyl (C=O) groups excluding carboxylic acids is 2. The molecule has 7 heteroatoms. The molecule has 0 saturated carbocycles. The molecule has 5 nitrogen and oxygen atoms in total. The van der Waals surface area contributed by atoms with Crippen molar-refractivity contribution in [2.45, 2.75) is 13.3 Å². The molecule has 0 radical (unpaired) electrons. The van der Waals surface area contributed by atoms with Gasteiger partial charge in [0, 0.05) is 45.5 Å². The first kappa shape index (κ1) is 18.1. The van der Waals surface area contributed by atoms with Gasteiger partial charge in [-0.05, 0) is 31.2 Å². The van der Waals surface area contributed by atoms with E-state index in [0.717, 1.165) is 18.0 Å². The number of ketones is 2. The molecule has 0 unspecified atom stereocenters. The van der Waals surface area contributed by atoms with E-state index in [0.29, 0.717) is 21.5 Å². The van der Waals surface area contributed by atoms with Gasteiger partial charge in [-0.15, -0.1) is 11.3 Å². The Morgan fingerprint density at radius 1 is 1.14 bits per heavy atom. The highest BCUT2D eigenvalue weighted by atomic mass is 32.1. The van der Waals surface area contributed by atoms with Gasteiger partial charge in [0.05, 0.1) is 18.1 Å². The standard InChI is InChI=1S/C21H14FN3O2S/c1-12-11-28-19(25-12)8-18(26)17-7-14(5-13-3-2-4-24-20(13)17)21(27)15-6-16(22)10-23-9-15/h2-7,9-11H,8H2,1H3. The summed E-state index contributed by atoms with van der Waals surface area (Å²) < 4.78 is 13.5. The largest absolute Gasteiger partial charge is 0.294 e. The molecule has 0 amide bonds. The van der Waals surface area contributed by atoms with Gasteiger partial charge in [-0.25, -0.2) is 9.37 Å². The van der Waals surface area contributed by atoms with Crippen molar-refractivity contribution in [3.05, 3.63) is 87.5 Å². The van der Waals surface area contributed by atoms with Crippen LogP contribution in [-0.4, -0.2) is 26.5 Å². The zero-order chi connectivity index (χ0) is 19.7. The maximum absolute atomic E-state index is 13.5. The third kappa shape index (κ3) is 3.57. The quantitative estimate of drug-likeness (QED) is 0.477. The summed E-state index contributed by atoms with van der Waals surface area (Å²) in [6, 6.07) is 7.82. The summed E-state index contributed by atoms with van der Waals surface area (Å²) in [6.07, 6.45) is 4.07. The number of benzene rings is 1. The van der Waals surface area contributed by atoms with Crippen LogP contribution in [0, 0.1) is 12.7 Å². The lowest BCUT2D eigenvalue weighted by molar-refractivity contribution is 0.0994. The number of pyridine rings is 2. The fraction of sp³-hybridized carbons (Fsp3) is 0.0952. The molecule has 0 aliphatic rings. The van der Waals surface area contributed by atoms with Gasteiger partial charge in [-0.2, -0.15) is 0 Å². The van der Waals surface area contributed by atoms with E-state index in [1.165, 1.54) is 23.6 Å². The van der Waals surface area contributed by atoms with Gasteiger partial charge in [0.25, 0.3) is 0 Å². The van der Waals surface area contributed by atoms with E-state index in [4.69, 9.17) is 0 Å². The van der Waals surface area contributed by atoms with E-state index in [1.54, 1.807) is 24.4 Å². The maximum atomic E-state index is 13.5. The lowest BCUT2D eigenvalue weighted by Gasteiger charge is -2.08. The number of thiazole rings is 1. The van der Waals surface area contributed by atoms with Crippen molar-refractivity contribution in [3.63, 3.8) is 0 Å². The van der Waals surface area contributed by atoms with E-state index >= 15 is 0 Å². The summed E-state index contributed by atoms with van der Waals surface area (Å²) in [5.74, 6) is -1.18. The number of halogens is 1. The van der Waals surface area contributed by atoms with Crippen LogP contribution in [0.1, 0.15) is 37.0 Å². The van der Waals surface area contributed by atoms with Gasteiger partial charge >= 0.3 is 0 Å². The van der Waals surface area contributed by atoms with Crippen LogP contribution in [0.25, 0.3) is 10.9 Å². The molecule has 0 aliphatic heterocycles. The fourth-order valence-corrected chi connectivity index (χ4v) is 3.73. The van der Waals surface area contributed by atoms with Crippen molar-refractivity contribution in [3.8, 4) is 0 Å². The zero-order valence-electron chi connectivity index (χ0n) is 14.8. The Morgan fingerprint density at radius 3 is 2.75 bits per heavy atom. The molecule has 1 aromatic carbocycles. The van der Waals surface area contributed by atoms with E-state index in [9.17, 15) is 14.0 Å². The molecule has 138 valence electrons. The number of aryl methyl sites for hydroxylation is 1. The number of aromatic nitrogens is 3. The lowest BCUT2D eigenvalue weighted by atomic mass is 9.96. The summed E-state index contributed by atoms with van der Waals surface area (Å²) in [6.45, 7) is 1.87. The first-order chi connectivity index (χ1) is 13.5. The molecule has 0 spiro atoms. The number of fused-ring (bicyclic) bond motifs is 1. The molecular formula is C21H14FN3O2S. The molecule has 0 N–H and O–H groups in total. The molecule has 0 bridgehead atoms. The van der Waals surface area contributed by atoms with Gasteiger partial charge in [-0.3, -0.25) is 19.6 Å². The van der Waals surface area contributed by atoms with Crippen molar-refractivity contribution >= 4 is 33.8 Å². The first-order valence-corrected chi connectivity index (χ1v) is 9.37. The molecule has 0 saturated heterocycles. The second-order valence-corrected chi connectivity index (χ2v) is 7.25. The molecule has 0 aliphatic carbocycles. The van der Waals surface area contributed by atoms with Crippen LogP contribution in [-0.2, 0) is 6.42 Å². The average molecular weight is 391 g/mol. The summed E-state index contributed by atoms with van der Waals surface area (Å²) in [4.78, 5) is 38.1. The van der Waals surface area contributed by atoms with E-state index < -0.39 is 11.6 Å². The Bertz CT molecular complexity index is 1220. The Balaban J connectivity index is 1.79. The SMILES string of the molecule is Cc1csc(CC(=O)c2cc(C(=O)c3cncc(F)c3)cc3cccnc23)n1. The van der Waals surface area contributed by atoms with Crippen LogP contribution in [0.2, 0.25) is 0 Å². The highest BCUT2D eigenvalue weighted by Crippen LogP contribution is 2.23. The molecule has 3 aromatic heterocycles. The summed E-state index contributed by atoms with van der Waals surface area (Å²) in [7, 11) is 0. The molecule has 4 rings (SSSR count). The van der Waals surface area contributed by atoms with Crippen LogP contribution >= 0.6 is 11.3 Å². The third-order valence-corrected chi connectivity index (χ3v) is 5.18. The van der Waals surface area contributed by atoms with Crippen LogP contribution in [0.5, 0.6) is 0 Å². The van der Waals surface area contributed by atoms with Gasteiger partial charge in [-0.1, -0.05) is 6.07 Å². The van der Waals surface area contributed by atoms with Crippen LogP contribution in [0.15, 0.2) is 54.3 Å². The molecule has 0 atom stereocenters. The Morgan fingerprint density at radius 2 is 2.00 bits per heavy atom. The van der Waals surface area contributed by atoms with E-state index in [1.807, 2.05) is 12.3 Å². The highest BCUT2D eigenvalue weighted by Gasteiger charge is 2.19. The summed E-state index contributed by atoms with van der Waals surface area (Å²) >= 11 is 1.42. The monoisotopic (exact) mass is 391 g/mol. The second-order valence-electron chi connectivity index (χ2n) is 6.30. The minimum atomic E-state index is -0.594. The van der Waals surface area contributed by atoms with Crippen molar-refractivity contribution in [1.82, 2.24) is 15.0 Å². The third-order valence-electron chi connectivity index (χ3n) is 4.21. The zero-order valence-corrected chi connectivity index (χ0v) is 15.7. The van der Waals surface area contributed by atoms with Crippen molar-refractivity contribution in [1.29, 1.82) is 0 Å². The summed E-state index contributed by atoms with van der Waals surface area (Å²) in [5.41, 5.74) is 2.13. The van der Waals surface area contributed by atoms with Gasteiger partial charge in [0.15, 0.2) is 11.6 Å². The van der Waals surface area contributed by atoms with Crippen LogP contribution in [0.3, 0.4) is 0 Å². The van der Waals surface area contributed by atoms with Crippen molar-refractivity contribution < 1.29 is 14.0 Å². The number of hydrogen-bond acceptors (Lipinski definition) is 6. The predicted octanol–water partition coefficient (Wildman–Crippen LogP) is 4.19. The lowest BCUT2D eigenvalue weighted by Crippen LogP contribution is -2.09. The maximum Gasteiger partial charge on any atom is 0.194 e. The van der Waals surface area contributed by atoms with Gasteiger partial charge in [0.2, 0.25) is 0 Å². The minimum Gasteiger partial charge on any atom is -0.294 e. The topological polar surface area (TPSA) is 72.8 Å². The number of carbonyl (C=O) groups is 2. The molecular weight excluding hydrogens is 377 g/mol. The predicted molar refractivity (Wildman–Crippen MR) is 104 cm³/mol. The van der Waals surface area contributed by atoms with Crippen LogP contribution in [0.4, 0.5) is 4.39 Å².